The van der Waals surface area contributed by atoms with Gasteiger partial charge in [-0.15, -0.1) is 0 Å². The third kappa shape index (κ3) is 4.41. The van der Waals surface area contributed by atoms with E-state index in [0.29, 0.717) is 27.8 Å². The molecule has 0 radical (unpaired) electrons. The van der Waals surface area contributed by atoms with E-state index in [2.05, 4.69) is 10.3 Å². The number of amides is 1. The summed E-state index contributed by atoms with van der Waals surface area (Å²) in [6.07, 6.45) is 0.844. The number of anilines is 1. The number of hydrogen-bond acceptors (Lipinski definition) is 3. The van der Waals surface area contributed by atoms with E-state index in [0.717, 1.165) is 17.8 Å². The predicted molar refractivity (Wildman–Crippen MR) is 104 cm³/mol. The SMILES string of the molecule is CCc1ccc(C(=O)Nc2ccc(Oc3cccc(Cl)c3)cc2)c(C)n1. The zero-order valence-corrected chi connectivity index (χ0v) is 15.4. The maximum absolute atomic E-state index is 12.5. The number of benzene rings is 2. The van der Waals surface area contributed by atoms with Gasteiger partial charge in [0, 0.05) is 16.4 Å². The zero-order valence-electron chi connectivity index (χ0n) is 14.6. The first kappa shape index (κ1) is 18.0. The quantitative estimate of drug-likeness (QED) is 0.634. The predicted octanol–water partition coefficient (Wildman–Crippen LogP) is 5.65. The Hall–Kier alpha value is -2.85. The minimum atomic E-state index is -0.179. The number of halogens is 1. The van der Waals surface area contributed by atoms with Crippen LogP contribution in [-0.4, -0.2) is 10.9 Å². The molecule has 0 bridgehead atoms. The van der Waals surface area contributed by atoms with Crippen LogP contribution in [0.4, 0.5) is 5.69 Å². The Bertz CT molecular complexity index is 924. The van der Waals surface area contributed by atoms with Gasteiger partial charge in [-0.1, -0.05) is 24.6 Å². The van der Waals surface area contributed by atoms with Crippen LogP contribution in [0.15, 0.2) is 60.7 Å². The van der Waals surface area contributed by atoms with Crippen LogP contribution < -0.4 is 10.1 Å². The van der Waals surface area contributed by atoms with Gasteiger partial charge in [0.2, 0.25) is 0 Å². The highest BCUT2D eigenvalue weighted by atomic mass is 35.5. The van der Waals surface area contributed by atoms with Gasteiger partial charge in [-0.2, -0.15) is 0 Å². The molecule has 2 aromatic carbocycles. The fraction of sp³-hybridized carbons (Fsp3) is 0.143. The fourth-order valence-electron chi connectivity index (χ4n) is 2.52. The number of rotatable bonds is 5. The van der Waals surface area contributed by atoms with Crippen LogP contribution in [0.2, 0.25) is 5.02 Å². The fourth-order valence-corrected chi connectivity index (χ4v) is 2.70. The molecule has 0 unspecified atom stereocenters. The molecule has 1 amide bonds. The summed E-state index contributed by atoms with van der Waals surface area (Å²) in [5.41, 5.74) is 2.96. The van der Waals surface area contributed by atoms with Crippen LogP contribution in [0.1, 0.15) is 28.7 Å². The van der Waals surface area contributed by atoms with E-state index < -0.39 is 0 Å². The molecule has 0 fully saturated rings. The van der Waals surface area contributed by atoms with Gasteiger partial charge >= 0.3 is 0 Å². The van der Waals surface area contributed by atoms with Crippen molar-refractivity contribution in [3.8, 4) is 11.5 Å². The van der Waals surface area contributed by atoms with Crippen LogP contribution in [0.5, 0.6) is 11.5 Å². The summed E-state index contributed by atoms with van der Waals surface area (Å²) in [7, 11) is 0. The van der Waals surface area contributed by atoms with Crippen LogP contribution in [0.25, 0.3) is 0 Å². The molecule has 1 heterocycles. The average molecular weight is 367 g/mol. The number of nitrogens with zero attached hydrogens (tertiary/aromatic N) is 1. The number of nitrogens with one attached hydrogen (secondary N) is 1. The number of ether oxygens (including phenoxy) is 1. The number of hydrogen-bond donors (Lipinski definition) is 1. The van der Waals surface area contributed by atoms with Crippen LogP contribution in [0.3, 0.4) is 0 Å². The van der Waals surface area contributed by atoms with Gasteiger partial charge in [-0.25, -0.2) is 0 Å². The first-order valence-corrected chi connectivity index (χ1v) is 8.74. The second-order valence-corrected chi connectivity index (χ2v) is 6.26. The van der Waals surface area contributed by atoms with Crippen molar-refractivity contribution in [3.05, 3.63) is 82.6 Å². The molecule has 0 spiro atoms. The Labute approximate surface area is 157 Å². The molecule has 26 heavy (non-hydrogen) atoms. The second kappa shape index (κ2) is 8.02. The minimum Gasteiger partial charge on any atom is -0.457 e. The van der Waals surface area contributed by atoms with E-state index in [9.17, 15) is 4.79 Å². The van der Waals surface area contributed by atoms with E-state index in [4.69, 9.17) is 16.3 Å². The normalized spacial score (nSPS) is 10.4. The third-order valence-corrected chi connectivity index (χ3v) is 4.13. The molecule has 0 saturated heterocycles. The summed E-state index contributed by atoms with van der Waals surface area (Å²) >= 11 is 5.95. The molecule has 0 aliphatic heterocycles. The molecule has 1 aromatic heterocycles. The maximum Gasteiger partial charge on any atom is 0.257 e. The van der Waals surface area contributed by atoms with Gasteiger partial charge in [0.25, 0.3) is 5.91 Å². The van der Waals surface area contributed by atoms with Gasteiger partial charge in [-0.05, 0) is 67.9 Å². The van der Waals surface area contributed by atoms with Crippen molar-refractivity contribution < 1.29 is 9.53 Å². The molecule has 3 aromatic rings. The molecule has 5 heteroatoms. The molecule has 0 aliphatic carbocycles. The van der Waals surface area contributed by atoms with Crippen LogP contribution in [0, 0.1) is 6.92 Å². The molecule has 0 saturated carbocycles. The summed E-state index contributed by atoms with van der Waals surface area (Å²) in [4.78, 5) is 16.9. The molecule has 132 valence electrons. The molecular weight excluding hydrogens is 348 g/mol. The highest BCUT2D eigenvalue weighted by molar-refractivity contribution is 6.30. The van der Waals surface area contributed by atoms with E-state index in [1.807, 2.05) is 38.1 Å². The maximum atomic E-state index is 12.5. The van der Waals surface area contributed by atoms with Gasteiger partial charge < -0.3 is 10.1 Å². The van der Waals surface area contributed by atoms with Gasteiger partial charge in [0.15, 0.2) is 0 Å². The minimum absolute atomic E-state index is 0.179. The van der Waals surface area contributed by atoms with E-state index in [-0.39, 0.29) is 5.91 Å². The number of carbonyl (C=O) groups is 1. The average Bonchev–Trinajstić information content (AvgIpc) is 2.63. The Morgan fingerprint density at radius 3 is 2.50 bits per heavy atom. The number of aromatic nitrogens is 1. The molecule has 0 aliphatic rings. The van der Waals surface area contributed by atoms with Gasteiger partial charge in [0.1, 0.15) is 11.5 Å². The van der Waals surface area contributed by atoms with Crippen molar-refractivity contribution in [3.63, 3.8) is 0 Å². The van der Waals surface area contributed by atoms with Crippen LogP contribution in [-0.2, 0) is 6.42 Å². The van der Waals surface area contributed by atoms with Crippen molar-refractivity contribution >= 4 is 23.2 Å². The summed E-state index contributed by atoms with van der Waals surface area (Å²) < 4.78 is 5.74. The number of carbonyl (C=O) groups excluding carboxylic acids is 1. The van der Waals surface area contributed by atoms with Gasteiger partial charge in [-0.3, -0.25) is 9.78 Å². The summed E-state index contributed by atoms with van der Waals surface area (Å²) in [5.74, 6) is 1.14. The molecule has 4 nitrogen and oxygen atoms in total. The van der Waals surface area contributed by atoms with E-state index in [1.165, 1.54) is 0 Å². The Kier molecular flexibility index (Phi) is 5.54. The first-order chi connectivity index (χ1) is 12.5. The van der Waals surface area contributed by atoms with Crippen LogP contribution >= 0.6 is 11.6 Å². The smallest absolute Gasteiger partial charge is 0.257 e. The molecule has 3 rings (SSSR count). The summed E-state index contributed by atoms with van der Waals surface area (Å²) in [5, 5.41) is 3.50. The lowest BCUT2D eigenvalue weighted by Crippen LogP contribution is -2.14. The molecular formula is C21H19ClN2O2. The summed E-state index contributed by atoms with van der Waals surface area (Å²) in [6, 6.07) is 18.1. The lowest BCUT2D eigenvalue weighted by molar-refractivity contribution is 0.102. The lowest BCUT2D eigenvalue weighted by atomic mass is 10.1. The highest BCUT2D eigenvalue weighted by Gasteiger charge is 2.11. The van der Waals surface area contributed by atoms with E-state index >= 15 is 0 Å². The first-order valence-electron chi connectivity index (χ1n) is 8.36. The van der Waals surface area contributed by atoms with Crippen molar-refractivity contribution in [1.82, 2.24) is 4.98 Å². The van der Waals surface area contributed by atoms with Crippen molar-refractivity contribution in [1.29, 1.82) is 0 Å². The largest absolute Gasteiger partial charge is 0.457 e. The number of aryl methyl sites for hydroxylation is 2. The monoisotopic (exact) mass is 366 g/mol. The highest BCUT2D eigenvalue weighted by Crippen LogP contribution is 2.25. The molecule has 1 N–H and O–H groups in total. The number of pyridine rings is 1. The Balaban J connectivity index is 1.68. The second-order valence-electron chi connectivity index (χ2n) is 5.83. The van der Waals surface area contributed by atoms with Crippen molar-refractivity contribution in [2.75, 3.05) is 5.32 Å². The standard InChI is InChI=1S/C21H19ClN2O2/c1-3-16-9-12-20(14(2)23-16)21(25)24-17-7-10-18(11-8-17)26-19-6-4-5-15(22)13-19/h4-13H,3H2,1-2H3,(H,24,25). The zero-order chi connectivity index (χ0) is 18.5. The van der Waals surface area contributed by atoms with E-state index in [1.54, 1.807) is 36.4 Å². The summed E-state index contributed by atoms with van der Waals surface area (Å²) in [6.45, 7) is 3.88. The molecule has 0 atom stereocenters. The Morgan fingerprint density at radius 1 is 1.08 bits per heavy atom. The van der Waals surface area contributed by atoms with Crippen molar-refractivity contribution in [2.45, 2.75) is 20.3 Å². The van der Waals surface area contributed by atoms with Gasteiger partial charge in [0.05, 0.1) is 11.3 Å². The third-order valence-electron chi connectivity index (χ3n) is 3.89. The lowest BCUT2D eigenvalue weighted by Gasteiger charge is -2.10. The Morgan fingerprint density at radius 2 is 1.85 bits per heavy atom. The topological polar surface area (TPSA) is 51.2 Å². The van der Waals surface area contributed by atoms with Crippen molar-refractivity contribution in [2.24, 2.45) is 0 Å².